The number of carbonyl (C=O) groups excluding carboxylic acids is 1. The number of nitrogens with two attached hydrogens (primary N) is 1. The highest BCUT2D eigenvalue weighted by molar-refractivity contribution is 5.82. The van der Waals surface area contributed by atoms with Crippen LogP contribution in [0.15, 0.2) is 30.3 Å². The van der Waals surface area contributed by atoms with Gasteiger partial charge in [-0.1, -0.05) is 30.3 Å². The maximum atomic E-state index is 12.1. The molecule has 1 aromatic carbocycles. The van der Waals surface area contributed by atoms with Crippen LogP contribution in [0.25, 0.3) is 0 Å². The maximum Gasteiger partial charge on any atom is 0.330 e. The zero-order valence-corrected chi connectivity index (χ0v) is 11.5. The van der Waals surface area contributed by atoms with Crippen molar-refractivity contribution in [3.05, 3.63) is 35.9 Å². The largest absolute Gasteiger partial charge is 0.467 e. The average molecular weight is 262 g/mol. The van der Waals surface area contributed by atoms with Crippen LogP contribution in [0.3, 0.4) is 0 Å². The molecule has 0 aliphatic carbocycles. The number of ether oxygens (including phenoxy) is 1. The lowest BCUT2D eigenvalue weighted by atomic mass is 9.87. The van der Waals surface area contributed by atoms with Gasteiger partial charge in [0.05, 0.1) is 7.11 Å². The maximum absolute atomic E-state index is 12.1. The predicted molar refractivity (Wildman–Crippen MR) is 74.6 cm³/mol. The molecule has 1 fully saturated rings. The van der Waals surface area contributed by atoms with Gasteiger partial charge < -0.3 is 15.4 Å². The van der Waals surface area contributed by atoms with Crippen LogP contribution in [0.1, 0.15) is 24.8 Å². The van der Waals surface area contributed by atoms with E-state index in [9.17, 15) is 4.79 Å². The lowest BCUT2D eigenvalue weighted by Crippen LogP contribution is -2.47. The van der Waals surface area contributed by atoms with E-state index in [0.717, 1.165) is 25.2 Å². The molecule has 0 radical (unpaired) electrons. The van der Waals surface area contributed by atoms with E-state index < -0.39 is 5.54 Å². The Balaban J connectivity index is 2.12. The molecule has 0 aromatic heterocycles. The summed E-state index contributed by atoms with van der Waals surface area (Å²) in [6.07, 6.45) is 3.06. The van der Waals surface area contributed by atoms with Crippen LogP contribution in [0.5, 0.6) is 0 Å². The number of hydrogen-bond acceptors (Lipinski definition) is 4. The molecule has 1 saturated heterocycles. The van der Waals surface area contributed by atoms with Crippen LogP contribution in [0.4, 0.5) is 0 Å². The summed E-state index contributed by atoms with van der Waals surface area (Å²) in [6, 6.07) is 9.49. The molecular weight excluding hydrogens is 240 g/mol. The standard InChI is InChI=1S/C15H22N2O2/c1-19-14(18)15(16,13-7-3-2-4-8-13)9-12-17-10-5-6-11-17/h2-4,7-8H,5-6,9-12,16H2,1H3. The average Bonchev–Trinajstić information content (AvgIpc) is 2.98. The minimum Gasteiger partial charge on any atom is -0.467 e. The fraction of sp³-hybridized carbons (Fsp3) is 0.533. The fourth-order valence-electron chi connectivity index (χ4n) is 2.62. The molecule has 0 bridgehead atoms. The Hall–Kier alpha value is -1.39. The summed E-state index contributed by atoms with van der Waals surface area (Å²) in [5, 5.41) is 0. The number of methoxy groups -OCH3 is 1. The van der Waals surface area contributed by atoms with E-state index in [1.807, 2.05) is 30.3 Å². The van der Waals surface area contributed by atoms with E-state index >= 15 is 0 Å². The summed E-state index contributed by atoms with van der Waals surface area (Å²) in [5.74, 6) is -0.363. The van der Waals surface area contributed by atoms with Crippen LogP contribution in [0.2, 0.25) is 0 Å². The lowest BCUT2D eigenvalue weighted by Gasteiger charge is -2.29. The Labute approximate surface area is 114 Å². The van der Waals surface area contributed by atoms with E-state index in [0.29, 0.717) is 6.42 Å². The second-order valence-corrected chi connectivity index (χ2v) is 5.13. The van der Waals surface area contributed by atoms with Gasteiger partial charge in [0.25, 0.3) is 0 Å². The zero-order valence-electron chi connectivity index (χ0n) is 11.5. The Morgan fingerprint density at radius 1 is 1.32 bits per heavy atom. The predicted octanol–water partition coefficient (Wildman–Crippen LogP) is 1.50. The van der Waals surface area contributed by atoms with Crippen molar-refractivity contribution in [1.82, 2.24) is 4.90 Å². The van der Waals surface area contributed by atoms with E-state index in [2.05, 4.69) is 4.90 Å². The lowest BCUT2D eigenvalue weighted by molar-refractivity contribution is -0.148. The van der Waals surface area contributed by atoms with Gasteiger partial charge in [-0.25, -0.2) is 4.79 Å². The SMILES string of the molecule is COC(=O)C(N)(CCN1CCCC1)c1ccccc1. The van der Waals surface area contributed by atoms with Crippen LogP contribution in [0, 0.1) is 0 Å². The van der Waals surface area contributed by atoms with Gasteiger partial charge in [-0.2, -0.15) is 0 Å². The van der Waals surface area contributed by atoms with Gasteiger partial charge in [0, 0.05) is 6.54 Å². The van der Waals surface area contributed by atoms with Crippen molar-refractivity contribution in [2.24, 2.45) is 5.73 Å². The Morgan fingerprint density at radius 3 is 2.53 bits per heavy atom. The normalized spacial score (nSPS) is 19.1. The van der Waals surface area contributed by atoms with E-state index in [1.165, 1.54) is 20.0 Å². The molecule has 104 valence electrons. The van der Waals surface area contributed by atoms with Gasteiger partial charge in [-0.15, -0.1) is 0 Å². The number of carbonyl (C=O) groups is 1. The van der Waals surface area contributed by atoms with Crippen molar-refractivity contribution in [2.75, 3.05) is 26.7 Å². The molecule has 1 atom stereocenters. The summed E-state index contributed by atoms with van der Waals surface area (Å²) in [4.78, 5) is 14.4. The van der Waals surface area contributed by atoms with Gasteiger partial charge in [0.1, 0.15) is 5.54 Å². The van der Waals surface area contributed by atoms with Crippen molar-refractivity contribution in [3.8, 4) is 0 Å². The smallest absolute Gasteiger partial charge is 0.330 e. The molecule has 1 aromatic rings. The van der Waals surface area contributed by atoms with E-state index in [-0.39, 0.29) is 5.97 Å². The first-order chi connectivity index (χ1) is 9.16. The topological polar surface area (TPSA) is 55.6 Å². The Bertz CT molecular complexity index is 415. The second-order valence-electron chi connectivity index (χ2n) is 5.13. The van der Waals surface area contributed by atoms with Crippen LogP contribution < -0.4 is 5.73 Å². The number of esters is 1. The number of nitrogens with zero attached hydrogens (tertiary/aromatic N) is 1. The summed E-state index contributed by atoms with van der Waals surface area (Å²) in [5.41, 5.74) is 6.13. The van der Waals surface area contributed by atoms with Crippen LogP contribution in [-0.2, 0) is 15.1 Å². The molecule has 1 aliphatic rings. The van der Waals surface area contributed by atoms with Gasteiger partial charge in [-0.3, -0.25) is 0 Å². The number of likely N-dealkylation sites (tertiary alicyclic amines) is 1. The molecule has 1 aliphatic heterocycles. The van der Waals surface area contributed by atoms with Crippen molar-refractivity contribution < 1.29 is 9.53 Å². The third-order valence-electron chi connectivity index (χ3n) is 3.86. The summed E-state index contributed by atoms with van der Waals surface area (Å²) in [6.45, 7) is 3.04. The van der Waals surface area contributed by atoms with Gasteiger partial charge in [0.2, 0.25) is 0 Å². The monoisotopic (exact) mass is 262 g/mol. The third kappa shape index (κ3) is 3.14. The highest BCUT2D eigenvalue weighted by atomic mass is 16.5. The van der Waals surface area contributed by atoms with Crippen molar-refractivity contribution in [3.63, 3.8) is 0 Å². The molecule has 0 spiro atoms. The quantitative estimate of drug-likeness (QED) is 0.817. The fourth-order valence-corrected chi connectivity index (χ4v) is 2.62. The van der Waals surface area contributed by atoms with Gasteiger partial charge >= 0.3 is 5.97 Å². The molecule has 2 rings (SSSR count). The zero-order chi connectivity index (χ0) is 13.7. The third-order valence-corrected chi connectivity index (χ3v) is 3.86. The first-order valence-corrected chi connectivity index (χ1v) is 6.82. The minimum atomic E-state index is -1.04. The molecule has 4 heteroatoms. The van der Waals surface area contributed by atoms with Gasteiger partial charge in [-0.05, 0) is 37.9 Å². The van der Waals surface area contributed by atoms with Crippen molar-refractivity contribution in [1.29, 1.82) is 0 Å². The Morgan fingerprint density at radius 2 is 1.95 bits per heavy atom. The number of rotatable bonds is 5. The number of benzene rings is 1. The van der Waals surface area contributed by atoms with Crippen LogP contribution >= 0.6 is 0 Å². The van der Waals surface area contributed by atoms with Crippen molar-refractivity contribution in [2.45, 2.75) is 24.8 Å². The van der Waals surface area contributed by atoms with Crippen LogP contribution in [-0.4, -0.2) is 37.6 Å². The first-order valence-electron chi connectivity index (χ1n) is 6.82. The highest BCUT2D eigenvalue weighted by Crippen LogP contribution is 2.25. The molecule has 2 N–H and O–H groups in total. The molecular formula is C15H22N2O2. The summed E-state index contributed by atoms with van der Waals surface area (Å²) >= 11 is 0. The molecule has 19 heavy (non-hydrogen) atoms. The molecule has 4 nitrogen and oxygen atoms in total. The highest BCUT2D eigenvalue weighted by Gasteiger charge is 2.37. The first kappa shape index (κ1) is 14.0. The van der Waals surface area contributed by atoms with Crippen molar-refractivity contribution >= 4 is 5.97 Å². The minimum absolute atomic E-state index is 0.363. The summed E-state index contributed by atoms with van der Waals surface area (Å²) < 4.78 is 4.90. The summed E-state index contributed by atoms with van der Waals surface area (Å²) in [7, 11) is 1.39. The Kier molecular flexibility index (Phi) is 4.56. The van der Waals surface area contributed by atoms with Gasteiger partial charge in [0.15, 0.2) is 0 Å². The molecule has 1 unspecified atom stereocenters. The molecule has 1 heterocycles. The van der Waals surface area contributed by atoms with E-state index in [1.54, 1.807) is 0 Å². The molecule has 0 saturated carbocycles. The second kappa shape index (κ2) is 6.17. The molecule has 0 amide bonds. The number of hydrogen-bond donors (Lipinski definition) is 1. The van der Waals surface area contributed by atoms with E-state index in [4.69, 9.17) is 10.5 Å².